The van der Waals surface area contributed by atoms with Crippen LogP contribution in [0, 0.1) is 0 Å². The Morgan fingerprint density at radius 2 is 1.83 bits per heavy atom. The molecule has 106 valence electrons. The SMILES string of the molecule is NCCCC[C@H](NNCCCCC(=O)O)C(=O)O. The highest BCUT2D eigenvalue weighted by molar-refractivity contribution is 5.73. The molecule has 7 nitrogen and oxygen atoms in total. The van der Waals surface area contributed by atoms with E-state index in [1.165, 1.54) is 0 Å². The molecule has 6 N–H and O–H groups in total. The van der Waals surface area contributed by atoms with Crippen LogP contribution >= 0.6 is 0 Å². The van der Waals surface area contributed by atoms with E-state index in [0.29, 0.717) is 32.4 Å². The van der Waals surface area contributed by atoms with Crippen molar-refractivity contribution in [3.8, 4) is 0 Å². The summed E-state index contributed by atoms with van der Waals surface area (Å²) in [4.78, 5) is 21.1. The molecule has 0 saturated carbocycles. The number of nitrogens with two attached hydrogens (primary N) is 1. The molecular weight excluding hydrogens is 238 g/mol. The topological polar surface area (TPSA) is 125 Å². The van der Waals surface area contributed by atoms with Crippen LogP contribution in [0.1, 0.15) is 38.5 Å². The van der Waals surface area contributed by atoms with Crippen LogP contribution in [-0.4, -0.2) is 41.3 Å². The summed E-state index contributed by atoms with van der Waals surface area (Å²) in [5.41, 5.74) is 10.9. The van der Waals surface area contributed by atoms with E-state index in [1.807, 2.05) is 0 Å². The molecule has 1 atom stereocenters. The van der Waals surface area contributed by atoms with Crippen molar-refractivity contribution in [2.24, 2.45) is 5.73 Å². The van der Waals surface area contributed by atoms with E-state index in [-0.39, 0.29) is 6.42 Å². The van der Waals surface area contributed by atoms with E-state index in [2.05, 4.69) is 10.9 Å². The minimum absolute atomic E-state index is 0.139. The maximum absolute atomic E-state index is 10.9. The number of hydrazine groups is 1. The van der Waals surface area contributed by atoms with Crippen LogP contribution in [0.2, 0.25) is 0 Å². The largest absolute Gasteiger partial charge is 0.481 e. The normalized spacial score (nSPS) is 12.3. The fourth-order valence-electron chi connectivity index (χ4n) is 1.44. The molecule has 18 heavy (non-hydrogen) atoms. The Kier molecular flexibility index (Phi) is 10.2. The lowest BCUT2D eigenvalue weighted by molar-refractivity contribution is -0.140. The lowest BCUT2D eigenvalue weighted by Crippen LogP contribution is -2.45. The van der Waals surface area contributed by atoms with Crippen LogP contribution < -0.4 is 16.6 Å². The number of hydrogen-bond donors (Lipinski definition) is 5. The highest BCUT2D eigenvalue weighted by Crippen LogP contribution is 2.00. The zero-order chi connectivity index (χ0) is 13.8. The van der Waals surface area contributed by atoms with Crippen molar-refractivity contribution in [2.75, 3.05) is 13.1 Å². The molecule has 0 spiro atoms. The van der Waals surface area contributed by atoms with E-state index in [4.69, 9.17) is 15.9 Å². The number of carbonyl (C=O) groups is 2. The van der Waals surface area contributed by atoms with Gasteiger partial charge in [0.2, 0.25) is 0 Å². The fourth-order valence-corrected chi connectivity index (χ4v) is 1.44. The van der Waals surface area contributed by atoms with Crippen molar-refractivity contribution < 1.29 is 19.8 Å². The predicted octanol–water partition coefficient (Wildman–Crippen LogP) is -0.0823. The third-order valence-corrected chi connectivity index (χ3v) is 2.46. The summed E-state index contributed by atoms with van der Waals surface area (Å²) in [6.07, 6.45) is 3.50. The van der Waals surface area contributed by atoms with Gasteiger partial charge in [0.25, 0.3) is 0 Å². The highest BCUT2D eigenvalue weighted by atomic mass is 16.4. The Morgan fingerprint density at radius 1 is 1.11 bits per heavy atom. The lowest BCUT2D eigenvalue weighted by Gasteiger charge is -2.14. The van der Waals surface area contributed by atoms with E-state index < -0.39 is 18.0 Å². The molecular formula is C11H23N3O4. The summed E-state index contributed by atoms with van der Waals surface area (Å²) in [5, 5.41) is 17.4. The first kappa shape index (κ1) is 16.8. The van der Waals surface area contributed by atoms with Crippen molar-refractivity contribution in [1.29, 1.82) is 0 Å². The molecule has 0 aromatic heterocycles. The van der Waals surface area contributed by atoms with E-state index in [0.717, 1.165) is 12.8 Å². The number of nitrogens with one attached hydrogen (secondary N) is 2. The van der Waals surface area contributed by atoms with Gasteiger partial charge in [-0.25, -0.2) is 5.43 Å². The second-order valence-corrected chi connectivity index (χ2v) is 4.10. The minimum atomic E-state index is -0.898. The number of unbranched alkanes of at least 4 members (excludes halogenated alkanes) is 2. The molecule has 0 amide bonds. The average Bonchev–Trinajstić information content (AvgIpc) is 2.30. The van der Waals surface area contributed by atoms with Crippen molar-refractivity contribution in [1.82, 2.24) is 10.9 Å². The van der Waals surface area contributed by atoms with Crippen molar-refractivity contribution in [3.05, 3.63) is 0 Å². The van der Waals surface area contributed by atoms with Crippen LogP contribution in [-0.2, 0) is 9.59 Å². The second-order valence-electron chi connectivity index (χ2n) is 4.10. The zero-order valence-electron chi connectivity index (χ0n) is 10.5. The van der Waals surface area contributed by atoms with Gasteiger partial charge in [0, 0.05) is 13.0 Å². The summed E-state index contributed by atoms with van der Waals surface area (Å²) in [6, 6.07) is -0.629. The van der Waals surface area contributed by atoms with Gasteiger partial charge in [-0.1, -0.05) is 0 Å². The standard InChI is InChI=1S/C11H23N3O4/c12-7-3-1-5-9(11(17)18)14-13-8-4-2-6-10(15)16/h9,13-14H,1-8,12H2,(H,15,16)(H,17,18)/t9-/m0/s1. The quantitative estimate of drug-likeness (QED) is 0.246. The van der Waals surface area contributed by atoms with Gasteiger partial charge in [0.05, 0.1) is 0 Å². The molecule has 0 aliphatic carbocycles. The fraction of sp³-hybridized carbons (Fsp3) is 0.818. The van der Waals surface area contributed by atoms with E-state index in [9.17, 15) is 9.59 Å². The maximum atomic E-state index is 10.9. The minimum Gasteiger partial charge on any atom is -0.481 e. The number of carboxylic acids is 2. The molecule has 0 heterocycles. The van der Waals surface area contributed by atoms with Gasteiger partial charge in [-0.3, -0.25) is 15.0 Å². The number of carboxylic acid groups (broad SMARTS) is 2. The summed E-state index contributed by atoms with van der Waals surface area (Å²) in [6.45, 7) is 1.11. The van der Waals surface area contributed by atoms with Crippen molar-refractivity contribution >= 4 is 11.9 Å². The van der Waals surface area contributed by atoms with Gasteiger partial charge < -0.3 is 15.9 Å². The summed E-state index contributed by atoms with van der Waals surface area (Å²) < 4.78 is 0. The molecule has 0 rings (SSSR count). The monoisotopic (exact) mass is 261 g/mol. The van der Waals surface area contributed by atoms with Crippen LogP contribution in [0.25, 0.3) is 0 Å². The molecule has 0 aliphatic rings. The molecule has 0 unspecified atom stereocenters. The Bertz CT molecular complexity index is 248. The molecule has 0 saturated heterocycles. The molecule has 0 aromatic rings. The van der Waals surface area contributed by atoms with Crippen LogP contribution in [0.15, 0.2) is 0 Å². The molecule has 0 aromatic carbocycles. The Labute approximate surface area is 107 Å². The Morgan fingerprint density at radius 3 is 2.39 bits per heavy atom. The van der Waals surface area contributed by atoms with Crippen LogP contribution in [0.4, 0.5) is 0 Å². The third-order valence-electron chi connectivity index (χ3n) is 2.46. The Hall–Kier alpha value is -1.18. The van der Waals surface area contributed by atoms with E-state index in [1.54, 1.807) is 0 Å². The predicted molar refractivity (Wildman–Crippen MR) is 67.0 cm³/mol. The highest BCUT2D eigenvalue weighted by Gasteiger charge is 2.15. The maximum Gasteiger partial charge on any atom is 0.322 e. The van der Waals surface area contributed by atoms with Gasteiger partial charge in [-0.15, -0.1) is 0 Å². The molecule has 0 bridgehead atoms. The number of rotatable bonds is 12. The first-order valence-corrected chi connectivity index (χ1v) is 6.21. The number of aliphatic carboxylic acids is 2. The van der Waals surface area contributed by atoms with Gasteiger partial charge >= 0.3 is 11.9 Å². The molecule has 0 aliphatic heterocycles. The number of hydrogen-bond acceptors (Lipinski definition) is 5. The first-order valence-electron chi connectivity index (χ1n) is 6.21. The third kappa shape index (κ3) is 10.0. The molecule has 7 heteroatoms. The average molecular weight is 261 g/mol. The van der Waals surface area contributed by atoms with Gasteiger partial charge in [-0.2, -0.15) is 0 Å². The molecule has 0 radical (unpaired) electrons. The summed E-state index contributed by atoms with van der Waals surface area (Å²) in [7, 11) is 0. The van der Waals surface area contributed by atoms with Crippen LogP contribution in [0.3, 0.4) is 0 Å². The van der Waals surface area contributed by atoms with E-state index >= 15 is 0 Å². The summed E-state index contributed by atoms with van der Waals surface area (Å²) >= 11 is 0. The summed E-state index contributed by atoms with van der Waals surface area (Å²) in [5.74, 6) is -1.71. The van der Waals surface area contributed by atoms with Gasteiger partial charge in [0.15, 0.2) is 0 Å². The van der Waals surface area contributed by atoms with Gasteiger partial charge in [-0.05, 0) is 38.6 Å². The van der Waals surface area contributed by atoms with Crippen molar-refractivity contribution in [3.63, 3.8) is 0 Å². The smallest absolute Gasteiger partial charge is 0.322 e. The Balaban J connectivity index is 3.57. The lowest BCUT2D eigenvalue weighted by atomic mass is 10.1. The van der Waals surface area contributed by atoms with Crippen molar-refractivity contribution in [2.45, 2.75) is 44.6 Å². The second kappa shape index (κ2) is 10.9. The first-order chi connectivity index (χ1) is 8.57. The van der Waals surface area contributed by atoms with Crippen LogP contribution in [0.5, 0.6) is 0 Å². The van der Waals surface area contributed by atoms with Gasteiger partial charge in [0.1, 0.15) is 6.04 Å². The zero-order valence-corrected chi connectivity index (χ0v) is 10.5. The molecule has 0 fully saturated rings.